The average Bonchev–Trinajstić information content (AvgIpc) is 2.89. The van der Waals surface area contributed by atoms with Crippen LogP contribution in [0.5, 0.6) is 0 Å². The predicted octanol–water partition coefficient (Wildman–Crippen LogP) is 2.10. The Labute approximate surface area is 148 Å². The van der Waals surface area contributed by atoms with E-state index in [0.717, 1.165) is 11.1 Å². The Bertz CT molecular complexity index is 652. The summed E-state index contributed by atoms with van der Waals surface area (Å²) >= 11 is 0. The number of likely N-dealkylation sites (tertiary alicyclic amines) is 1. The zero-order chi connectivity index (χ0) is 18.6. The molecule has 2 N–H and O–H groups in total. The molecule has 0 spiro atoms. The molecule has 136 valence electrons. The van der Waals surface area contributed by atoms with Crippen LogP contribution in [0, 0.1) is 12.8 Å². The smallest absolute Gasteiger partial charge is 0.303 e. The van der Waals surface area contributed by atoms with Crippen molar-refractivity contribution in [3.63, 3.8) is 0 Å². The van der Waals surface area contributed by atoms with Gasteiger partial charge in [0.15, 0.2) is 0 Å². The largest absolute Gasteiger partial charge is 0.481 e. The fourth-order valence-corrected chi connectivity index (χ4v) is 2.93. The van der Waals surface area contributed by atoms with Crippen LogP contribution in [0.4, 0.5) is 0 Å². The van der Waals surface area contributed by atoms with Crippen molar-refractivity contribution in [2.24, 2.45) is 5.92 Å². The van der Waals surface area contributed by atoms with Gasteiger partial charge in [0.1, 0.15) is 0 Å². The van der Waals surface area contributed by atoms with Crippen molar-refractivity contribution in [2.75, 3.05) is 6.54 Å². The maximum absolute atomic E-state index is 12.5. The molecule has 1 heterocycles. The Morgan fingerprint density at radius 3 is 2.52 bits per heavy atom. The van der Waals surface area contributed by atoms with Gasteiger partial charge in [-0.15, -0.1) is 0 Å². The number of rotatable bonds is 7. The number of benzene rings is 1. The molecule has 0 aromatic heterocycles. The number of hydrogen-bond donors (Lipinski definition) is 2. The second-order valence-electron chi connectivity index (χ2n) is 7.43. The normalized spacial score (nSPS) is 17.6. The molecular formula is C19H26N2O4. The zero-order valence-electron chi connectivity index (χ0n) is 15.0. The highest BCUT2D eigenvalue weighted by Crippen LogP contribution is 2.22. The summed E-state index contributed by atoms with van der Waals surface area (Å²) in [6.07, 6.45) is 0.547. The van der Waals surface area contributed by atoms with Gasteiger partial charge in [0.25, 0.3) is 0 Å². The molecule has 6 heteroatoms. The predicted molar refractivity (Wildman–Crippen MR) is 93.8 cm³/mol. The van der Waals surface area contributed by atoms with Crippen LogP contribution >= 0.6 is 0 Å². The van der Waals surface area contributed by atoms with Crippen molar-refractivity contribution in [1.82, 2.24) is 10.2 Å². The van der Waals surface area contributed by atoms with Gasteiger partial charge < -0.3 is 15.3 Å². The highest BCUT2D eigenvalue weighted by atomic mass is 16.4. The fraction of sp³-hybridized carbons (Fsp3) is 0.526. The van der Waals surface area contributed by atoms with Gasteiger partial charge >= 0.3 is 5.97 Å². The van der Waals surface area contributed by atoms with E-state index in [2.05, 4.69) is 5.32 Å². The van der Waals surface area contributed by atoms with Crippen molar-refractivity contribution in [3.8, 4) is 0 Å². The van der Waals surface area contributed by atoms with Gasteiger partial charge in [0.2, 0.25) is 11.8 Å². The number of nitrogens with one attached hydrogen (secondary N) is 1. The Balaban J connectivity index is 1.91. The van der Waals surface area contributed by atoms with E-state index in [9.17, 15) is 14.4 Å². The van der Waals surface area contributed by atoms with E-state index in [1.807, 2.05) is 31.2 Å². The SMILES string of the molecule is Cc1ccc(CN2CC(C(=O)NC(C)(C)CCC(=O)O)CC2=O)cc1. The van der Waals surface area contributed by atoms with Crippen LogP contribution in [0.25, 0.3) is 0 Å². The topological polar surface area (TPSA) is 86.7 Å². The van der Waals surface area contributed by atoms with Crippen LogP contribution < -0.4 is 5.32 Å². The number of aryl methyl sites for hydroxylation is 1. The molecule has 1 aliphatic rings. The Kier molecular flexibility index (Phi) is 5.82. The molecule has 1 aliphatic heterocycles. The molecule has 0 bridgehead atoms. The number of carbonyl (C=O) groups is 3. The van der Waals surface area contributed by atoms with Crippen LogP contribution in [0.2, 0.25) is 0 Å². The summed E-state index contributed by atoms with van der Waals surface area (Å²) < 4.78 is 0. The first-order valence-corrected chi connectivity index (χ1v) is 8.53. The van der Waals surface area contributed by atoms with E-state index in [1.54, 1.807) is 18.7 Å². The summed E-state index contributed by atoms with van der Waals surface area (Å²) in [5.74, 6) is -1.48. The maximum Gasteiger partial charge on any atom is 0.303 e. The second kappa shape index (κ2) is 7.68. The van der Waals surface area contributed by atoms with Crippen molar-refractivity contribution in [2.45, 2.75) is 52.1 Å². The molecule has 25 heavy (non-hydrogen) atoms. The van der Waals surface area contributed by atoms with Gasteiger partial charge in [-0.2, -0.15) is 0 Å². The minimum atomic E-state index is -0.886. The van der Waals surface area contributed by atoms with Crippen molar-refractivity contribution < 1.29 is 19.5 Å². The monoisotopic (exact) mass is 346 g/mol. The molecule has 1 aromatic rings. The minimum Gasteiger partial charge on any atom is -0.481 e. The Morgan fingerprint density at radius 2 is 1.92 bits per heavy atom. The molecule has 2 rings (SSSR count). The molecule has 0 saturated carbocycles. The number of nitrogens with zero attached hydrogens (tertiary/aromatic N) is 1. The van der Waals surface area contributed by atoms with E-state index in [4.69, 9.17) is 5.11 Å². The van der Waals surface area contributed by atoms with E-state index in [-0.39, 0.29) is 30.6 Å². The zero-order valence-corrected chi connectivity index (χ0v) is 15.0. The lowest BCUT2D eigenvalue weighted by atomic mass is 9.96. The number of amides is 2. The number of carboxylic acids is 1. The van der Waals surface area contributed by atoms with Gasteiger partial charge in [0, 0.05) is 31.5 Å². The van der Waals surface area contributed by atoms with Crippen LogP contribution in [-0.4, -0.2) is 39.9 Å². The molecule has 1 aromatic carbocycles. The quantitative estimate of drug-likeness (QED) is 0.791. The maximum atomic E-state index is 12.5. The van der Waals surface area contributed by atoms with Gasteiger partial charge in [0.05, 0.1) is 5.92 Å². The van der Waals surface area contributed by atoms with Gasteiger partial charge in [-0.25, -0.2) is 0 Å². The molecule has 0 radical (unpaired) electrons. The minimum absolute atomic E-state index is 0.00355. The number of hydrogen-bond acceptors (Lipinski definition) is 3. The van der Waals surface area contributed by atoms with Gasteiger partial charge in [-0.05, 0) is 32.8 Å². The van der Waals surface area contributed by atoms with Gasteiger partial charge in [-0.1, -0.05) is 29.8 Å². The molecule has 0 aliphatic carbocycles. The lowest BCUT2D eigenvalue weighted by Crippen LogP contribution is -2.46. The highest BCUT2D eigenvalue weighted by Gasteiger charge is 2.36. The van der Waals surface area contributed by atoms with Crippen molar-refractivity contribution in [3.05, 3.63) is 35.4 Å². The average molecular weight is 346 g/mol. The van der Waals surface area contributed by atoms with Gasteiger partial charge in [-0.3, -0.25) is 14.4 Å². The van der Waals surface area contributed by atoms with E-state index in [1.165, 1.54) is 0 Å². The lowest BCUT2D eigenvalue weighted by Gasteiger charge is -2.27. The fourth-order valence-electron chi connectivity index (χ4n) is 2.93. The summed E-state index contributed by atoms with van der Waals surface area (Å²) in [5.41, 5.74) is 1.60. The van der Waals surface area contributed by atoms with E-state index >= 15 is 0 Å². The third kappa shape index (κ3) is 5.59. The molecule has 1 unspecified atom stereocenters. The lowest BCUT2D eigenvalue weighted by molar-refractivity contribution is -0.138. The second-order valence-corrected chi connectivity index (χ2v) is 7.43. The van der Waals surface area contributed by atoms with Crippen LogP contribution in [0.15, 0.2) is 24.3 Å². The Hall–Kier alpha value is -2.37. The summed E-state index contributed by atoms with van der Waals surface area (Å²) in [4.78, 5) is 37.1. The van der Waals surface area contributed by atoms with E-state index in [0.29, 0.717) is 19.5 Å². The van der Waals surface area contributed by atoms with Crippen LogP contribution in [0.1, 0.15) is 44.2 Å². The van der Waals surface area contributed by atoms with Crippen LogP contribution in [0.3, 0.4) is 0 Å². The summed E-state index contributed by atoms with van der Waals surface area (Å²) in [6.45, 7) is 6.51. The van der Waals surface area contributed by atoms with Crippen molar-refractivity contribution >= 4 is 17.8 Å². The summed E-state index contributed by atoms with van der Waals surface area (Å²) in [6, 6.07) is 7.99. The standard InChI is InChI=1S/C19H26N2O4/c1-13-4-6-14(7-5-13)11-21-12-15(10-16(21)22)18(25)20-19(2,3)9-8-17(23)24/h4-7,15H,8-12H2,1-3H3,(H,20,25)(H,23,24). The number of carbonyl (C=O) groups excluding carboxylic acids is 2. The number of carboxylic acid groups (broad SMARTS) is 1. The highest BCUT2D eigenvalue weighted by molar-refractivity contribution is 5.89. The Morgan fingerprint density at radius 1 is 1.28 bits per heavy atom. The first kappa shape index (κ1) is 19.0. The first-order chi connectivity index (χ1) is 11.7. The molecule has 6 nitrogen and oxygen atoms in total. The summed E-state index contributed by atoms with van der Waals surface area (Å²) in [7, 11) is 0. The first-order valence-electron chi connectivity index (χ1n) is 8.53. The van der Waals surface area contributed by atoms with Crippen molar-refractivity contribution in [1.29, 1.82) is 0 Å². The molecule has 1 fully saturated rings. The molecule has 1 atom stereocenters. The third-order valence-corrected chi connectivity index (χ3v) is 4.50. The molecular weight excluding hydrogens is 320 g/mol. The molecule has 2 amide bonds. The van der Waals surface area contributed by atoms with E-state index < -0.39 is 11.5 Å². The number of aliphatic carboxylic acids is 1. The van der Waals surface area contributed by atoms with Crippen LogP contribution in [-0.2, 0) is 20.9 Å². The third-order valence-electron chi connectivity index (χ3n) is 4.50. The summed E-state index contributed by atoms with van der Waals surface area (Å²) in [5, 5.41) is 11.7. The molecule has 1 saturated heterocycles.